The van der Waals surface area contributed by atoms with Crippen molar-refractivity contribution in [2.24, 2.45) is 0 Å². The van der Waals surface area contributed by atoms with Gasteiger partial charge in [0, 0.05) is 29.4 Å². The minimum absolute atomic E-state index is 0.582. The molecule has 0 amide bonds. The van der Waals surface area contributed by atoms with Crippen molar-refractivity contribution in [1.29, 1.82) is 0 Å². The van der Waals surface area contributed by atoms with Gasteiger partial charge in [0.15, 0.2) is 0 Å². The van der Waals surface area contributed by atoms with E-state index in [0.717, 1.165) is 12.4 Å². The number of aromatic amines is 1. The maximum Gasteiger partial charge on any atom is 0.147 e. The van der Waals surface area contributed by atoms with Gasteiger partial charge in [0.05, 0.1) is 4.88 Å². The zero-order chi connectivity index (χ0) is 14.1. The molecular formula is C16H17N3S2. The lowest BCUT2D eigenvalue weighted by atomic mass is 10.2. The highest BCUT2D eigenvalue weighted by Gasteiger charge is 2.27. The molecule has 0 aliphatic carbocycles. The normalized spacial score (nSPS) is 19.3. The second-order valence-electron chi connectivity index (χ2n) is 5.38. The SMILES string of the molecule is c1csc(-c2ncc(CN3CCCC3c3cccs3)[nH]2)c1. The smallest absolute Gasteiger partial charge is 0.147 e. The van der Waals surface area contributed by atoms with Crippen LogP contribution >= 0.6 is 22.7 Å². The average Bonchev–Trinajstić information content (AvgIpc) is 3.28. The highest BCUT2D eigenvalue weighted by atomic mass is 32.1. The van der Waals surface area contributed by atoms with Gasteiger partial charge in [0.1, 0.15) is 5.82 Å². The Morgan fingerprint density at radius 3 is 2.95 bits per heavy atom. The quantitative estimate of drug-likeness (QED) is 0.766. The molecule has 0 saturated carbocycles. The van der Waals surface area contributed by atoms with Gasteiger partial charge in [-0.05, 0) is 42.3 Å². The van der Waals surface area contributed by atoms with Gasteiger partial charge in [-0.3, -0.25) is 4.90 Å². The van der Waals surface area contributed by atoms with E-state index in [4.69, 9.17) is 0 Å². The van der Waals surface area contributed by atoms with E-state index in [1.807, 2.05) is 17.5 Å². The Morgan fingerprint density at radius 1 is 1.24 bits per heavy atom. The van der Waals surface area contributed by atoms with E-state index >= 15 is 0 Å². The van der Waals surface area contributed by atoms with Crippen LogP contribution in [0.3, 0.4) is 0 Å². The summed E-state index contributed by atoms with van der Waals surface area (Å²) >= 11 is 3.60. The molecule has 0 aromatic carbocycles. The first-order valence-corrected chi connectivity index (χ1v) is 9.01. The number of aromatic nitrogens is 2. The number of hydrogen-bond donors (Lipinski definition) is 1. The van der Waals surface area contributed by atoms with Crippen LogP contribution in [0.15, 0.2) is 41.2 Å². The van der Waals surface area contributed by atoms with Gasteiger partial charge >= 0.3 is 0 Å². The van der Waals surface area contributed by atoms with Crippen LogP contribution in [0.5, 0.6) is 0 Å². The number of thiophene rings is 2. The highest BCUT2D eigenvalue weighted by molar-refractivity contribution is 7.13. The van der Waals surface area contributed by atoms with E-state index in [1.54, 1.807) is 11.3 Å². The first-order valence-electron chi connectivity index (χ1n) is 7.25. The fourth-order valence-electron chi connectivity index (χ4n) is 3.02. The van der Waals surface area contributed by atoms with Crippen LogP contribution in [0.25, 0.3) is 10.7 Å². The summed E-state index contributed by atoms with van der Waals surface area (Å²) in [4.78, 5) is 13.3. The molecule has 4 heterocycles. The minimum Gasteiger partial charge on any atom is -0.340 e. The zero-order valence-corrected chi connectivity index (χ0v) is 13.3. The fraction of sp³-hybridized carbons (Fsp3) is 0.312. The molecule has 1 saturated heterocycles. The Hall–Kier alpha value is -1.43. The number of nitrogens with one attached hydrogen (secondary N) is 1. The van der Waals surface area contributed by atoms with Gasteiger partial charge in [0.25, 0.3) is 0 Å². The third-order valence-electron chi connectivity index (χ3n) is 3.99. The summed E-state index contributed by atoms with van der Waals surface area (Å²) in [6.07, 6.45) is 4.54. The molecule has 0 radical (unpaired) electrons. The molecule has 1 unspecified atom stereocenters. The van der Waals surface area contributed by atoms with Crippen LogP contribution in [-0.4, -0.2) is 21.4 Å². The van der Waals surface area contributed by atoms with Crippen LogP contribution in [0.1, 0.15) is 29.5 Å². The molecule has 1 fully saturated rings. The van der Waals surface area contributed by atoms with E-state index in [2.05, 4.69) is 49.9 Å². The molecule has 108 valence electrons. The topological polar surface area (TPSA) is 31.9 Å². The van der Waals surface area contributed by atoms with Crippen molar-refractivity contribution in [1.82, 2.24) is 14.9 Å². The summed E-state index contributed by atoms with van der Waals surface area (Å²) < 4.78 is 0. The number of rotatable bonds is 4. The van der Waals surface area contributed by atoms with Gasteiger partial charge in [-0.15, -0.1) is 22.7 Å². The van der Waals surface area contributed by atoms with Crippen LogP contribution in [0.2, 0.25) is 0 Å². The van der Waals surface area contributed by atoms with Crippen molar-refractivity contribution in [2.45, 2.75) is 25.4 Å². The van der Waals surface area contributed by atoms with Gasteiger partial charge < -0.3 is 4.98 Å². The summed E-state index contributed by atoms with van der Waals surface area (Å²) in [6, 6.07) is 9.17. The second kappa shape index (κ2) is 5.75. The van der Waals surface area contributed by atoms with E-state index in [9.17, 15) is 0 Å². The third kappa shape index (κ3) is 2.69. The largest absolute Gasteiger partial charge is 0.340 e. The monoisotopic (exact) mass is 315 g/mol. The number of hydrogen-bond acceptors (Lipinski definition) is 4. The van der Waals surface area contributed by atoms with Crippen molar-refractivity contribution in [3.63, 3.8) is 0 Å². The number of H-pyrrole nitrogens is 1. The van der Waals surface area contributed by atoms with Crippen molar-refractivity contribution in [3.05, 3.63) is 51.8 Å². The predicted octanol–water partition coefficient (Wildman–Crippen LogP) is 4.54. The molecule has 1 N–H and O–H groups in total. The average molecular weight is 315 g/mol. The van der Waals surface area contributed by atoms with Crippen molar-refractivity contribution in [3.8, 4) is 10.7 Å². The molecule has 1 aliphatic heterocycles. The molecule has 1 aliphatic rings. The first-order chi connectivity index (χ1) is 10.4. The van der Waals surface area contributed by atoms with E-state index in [1.165, 1.54) is 34.8 Å². The van der Waals surface area contributed by atoms with Gasteiger partial charge in [-0.1, -0.05) is 12.1 Å². The van der Waals surface area contributed by atoms with E-state index in [0.29, 0.717) is 6.04 Å². The second-order valence-corrected chi connectivity index (χ2v) is 7.31. The van der Waals surface area contributed by atoms with Crippen LogP contribution in [-0.2, 0) is 6.54 Å². The summed E-state index contributed by atoms with van der Waals surface area (Å²) in [7, 11) is 0. The molecular weight excluding hydrogens is 298 g/mol. The Labute approximate surface area is 132 Å². The molecule has 3 aromatic rings. The maximum atomic E-state index is 4.52. The Kier molecular flexibility index (Phi) is 3.63. The lowest BCUT2D eigenvalue weighted by Crippen LogP contribution is -2.22. The Bertz CT molecular complexity index is 685. The lowest BCUT2D eigenvalue weighted by Gasteiger charge is -2.22. The van der Waals surface area contributed by atoms with Gasteiger partial charge in [-0.2, -0.15) is 0 Å². The third-order valence-corrected chi connectivity index (χ3v) is 5.84. The van der Waals surface area contributed by atoms with Crippen molar-refractivity contribution < 1.29 is 0 Å². The summed E-state index contributed by atoms with van der Waals surface area (Å²) in [5, 5.41) is 4.27. The molecule has 3 nitrogen and oxygen atoms in total. The van der Waals surface area contributed by atoms with Gasteiger partial charge in [-0.25, -0.2) is 4.98 Å². The standard InChI is InChI=1S/C16H17N3S2/c1-4-13(14-5-2-8-20-14)19(7-1)11-12-10-17-16(18-12)15-6-3-9-21-15/h2-3,5-6,8-10,13H,1,4,7,11H2,(H,17,18). The van der Waals surface area contributed by atoms with E-state index in [-0.39, 0.29) is 0 Å². The summed E-state index contributed by atoms with van der Waals surface area (Å²) in [5.41, 5.74) is 1.21. The number of nitrogens with zero attached hydrogens (tertiary/aromatic N) is 2. The summed E-state index contributed by atoms with van der Waals surface area (Å²) in [6.45, 7) is 2.14. The number of imidazole rings is 1. The molecule has 21 heavy (non-hydrogen) atoms. The molecule has 0 bridgehead atoms. The molecule has 0 spiro atoms. The first kappa shape index (κ1) is 13.2. The van der Waals surface area contributed by atoms with Crippen LogP contribution < -0.4 is 0 Å². The molecule has 1 atom stereocenters. The van der Waals surface area contributed by atoms with Crippen molar-refractivity contribution in [2.75, 3.05) is 6.54 Å². The Morgan fingerprint density at radius 2 is 2.14 bits per heavy atom. The molecule has 5 heteroatoms. The lowest BCUT2D eigenvalue weighted by molar-refractivity contribution is 0.249. The summed E-state index contributed by atoms with van der Waals surface area (Å²) in [5.74, 6) is 0.992. The minimum atomic E-state index is 0.582. The van der Waals surface area contributed by atoms with Crippen LogP contribution in [0.4, 0.5) is 0 Å². The van der Waals surface area contributed by atoms with E-state index < -0.39 is 0 Å². The van der Waals surface area contributed by atoms with Crippen molar-refractivity contribution >= 4 is 22.7 Å². The highest BCUT2D eigenvalue weighted by Crippen LogP contribution is 2.35. The van der Waals surface area contributed by atoms with Gasteiger partial charge in [0.2, 0.25) is 0 Å². The molecule has 3 aromatic heterocycles. The number of likely N-dealkylation sites (tertiary alicyclic amines) is 1. The van der Waals surface area contributed by atoms with Crippen LogP contribution in [0, 0.1) is 0 Å². The molecule has 4 rings (SSSR count). The fourth-order valence-corrected chi connectivity index (χ4v) is 4.59. The zero-order valence-electron chi connectivity index (χ0n) is 11.7. The maximum absolute atomic E-state index is 4.52. The Balaban J connectivity index is 1.51. The predicted molar refractivity (Wildman–Crippen MR) is 88.6 cm³/mol.